The van der Waals surface area contributed by atoms with Gasteiger partial charge in [0.25, 0.3) is 0 Å². The van der Waals surface area contributed by atoms with Gasteiger partial charge in [0.2, 0.25) is 0 Å². The molecule has 0 bridgehead atoms. The Bertz CT molecular complexity index is 1020. The lowest BCUT2D eigenvalue weighted by Crippen LogP contribution is -2.48. The zero-order valence-electron chi connectivity index (χ0n) is 20.6. The van der Waals surface area contributed by atoms with E-state index in [1.54, 1.807) is 11.1 Å². The van der Waals surface area contributed by atoms with E-state index >= 15 is 0 Å². The maximum atomic E-state index is 12.8. The number of benzene rings is 1. The first-order chi connectivity index (χ1) is 15.2. The molecule has 3 radical (unpaired) electrons. The van der Waals surface area contributed by atoms with Crippen LogP contribution in [0.4, 0.5) is 4.79 Å². The molecule has 0 aliphatic carbocycles. The van der Waals surface area contributed by atoms with Gasteiger partial charge < -0.3 is 19.0 Å². The third kappa shape index (κ3) is 4.50. The number of rotatable bonds is 3. The van der Waals surface area contributed by atoms with Gasteiger partial charge in [0.15, 0.2) is 0 Å². The van der Waals surface area contributed by atoms with Crippen LogP contribution in [0.2, 0.25) is 0 Å². The molecule has 1 amide bonds. The van der Waals surface area contributed by atoms with Crippen LogP contribution in [0.3, 0.4) is 0 Å². The van der Waals surface area contributed by atoms with Gasteiger partial charge >= 0.3 is 13.2 Å². The van der Waals surface area contributed by atoms with Crippen molar-refractivity contribution < 1.29 is 18.8 Å². The van der Waals surface area contributed by atoms with Crippen molar-refractivity contribution in [1.82, 2.24) is 14.9 Å². The number of hydrogen-bond donors (Lipinski definition) is 1. The van der Waals surface area contributed by atoms with Crippen LogP contribution in [0.25, 0.3) is 11.3 Å². The molecule has 2 saturated heterocycles. The lowest BCUT2D eigenvalue weighted by Gasteiger charge is -2.35. The number of H-pyrrole nitrogens is 1. The van der Waals surface area contributed by atoms with Crippen LogP contribution >= 0.6 is 0 Å². The predicted molar refractivity (Wildman–Crippen MR) is 129 cm³/mol. The molecule has 1 N–H and O–H groups in total. The fourth-order valence-electron chi connectivity index (χ4n) is 4.11. The number of ether oxygens (including phenoxy) is 1. The standard InChI is InChI=1S/C24H33BN3O4Si/c1-21(2,3)30-20(29)28-14-8-13-24(28,33)19-26-15-18(27-19)16-9-11-17(12-10-16)25-31-22(4,5)23(6,7)32-25/h9-12,15H,8,13-14H2,1-7H3,(H,26,27). The summed E-state index contributed by atoms with van der Waals surface area (Å²) in [6, 6.07) is 8.09. The van der Waals surface area contributed by atoms with Crippen LogP contribution in [0.15, 0.2) is 30.5 Å². The summed E-state index contributed by atoms with van der Waals surface area (Å²) in [5.74, 6) is 0.688. The molecular weight excluding hydrogens is 433 g/mol. The van der Waals surface area contributed by atoms with Gasteiger partial charge in [0.1, 0.15) is 11.4 Å². The molecule has 1 aromatic carbocycles. The number of carbonyl (C=O) groups excluding carboxylic acids is 1. The molecule has 2 aliphatic heterocycles. The number of likely N-dealkylation sites (tertiary alicyclic amines) is 1. The lowest BCUT2D eigenvalue weighted by atomic mass is 9.79. The van der Waals surface area contributed by atoms with Gasteiger partial charge in [-0.15, -0.1) is 0 Å². The van der Waals surface area contributed by atoms with E-state index in [0.717, 1.165) is 29.6 Å². The second-order valence-electron chi connectivity index (χ2n) is 11.0. The quantitative estimate of drug-likeness (QED) is 0.698. The first-order valence-electron chi connectivity index (χ1n) is 11.5. The second kappa shape index (κ2) is 7.99. The zero-order chi connectivity index (χ0) is 24.2. The Labute approximate surface area is 200 Å². The molecule has 2 aliphatic rings. The Morgan fingerprint density at radius 3 is 2.33 bits per heavy atom. The molecule has 175 valence electrons. The smallest absolute Gasteiger partial charge is 0.444 e. The Morgan fingerprint density at radius 2 is 1.76 bits per heavy atom. The normalized spacial score (nSPS) is 24.4. The minimum absolute atomic E-state index is 0.347. The fourth-order valence-corrected chi connectivity index (χ4v) is 4.61. The van der Waals surface area contributed by atoms with Crippen molar-refractivity contribution in [2.24, 2.45) is 0 Å². The summed E-state index contributed by atoms with van der Waals surface area (Å²) in [7, 11) is 3.46. The molecule has 1 unspecified atom stereocenters. The molecular formula is C24H33BN3O4Si. The van der Waals surface area contributed by atoms with E-state index in [2.05, 4.69) is 20.2 Å². The van der Waals surface area contributed by atoms with Crippen molar-refractivity contribution >= 4 is 28.9 Å². The minimum Gasteiger partial charge on any atom is -0.444 e. The van der Waals surface area contributed by atoms with Gasteiger partial charge in [-0.05, 0) is 72.3 Å². The number of amides is 1. The summed E-state index contributed by atoms with van der Waals surface area (Å²) in [5, 5.41) is -0.719. The van der Waals surface area contributed by atoms with E-state index in [1.165, 1.54) is 0 Å². The highest BCUT2D eigenvalue weighted by Crippen LogP contribution is 2.38. The Hall–Kier alpha value is -2.10. The molecule has 2 fully saturated rings. The third-order valence-electron chi connectivity index (χ3n) is 6.71. The number of carbonyl (C=O) groups is 1. The average Bonchev–Trinajstić information content (AvgIpc) is 3.38. The van der Waals surface area contributed by atoms with Gasteiger partial charge in [-0.1, -0.05) is 24.3 Å². The first kappa shape index (κ1) is 24.0. The topological polar surface area (TPSA) is 76.7 Å². The Balaban J connectivity index is 1.52. The molecule has 7 nitrogen and oxygen atoms in total. The lowest BCUT2D eigenvalue weighted by molar-refractivity contribution is 0.00578. The Morgan fingerprint density at radius 1 is 1.15 bits per heavy atom. The summed E-state index contributed by atoms with van der Waals surface area (Å²) in [5.41, 5.74) is 1.53. The first-order valence-corrected chi connectivity index (χ1v) is 12.0. The van der Waals surface area contributed by atoms with Gasteiger partial charge in [-0.25, -0.2) is 9.78 Å². The molecule has 4 rings (SSSR count). The van der Waals surface area contributed by atoms with Gasteiger partial charge in [0.05, 0.1) is 38.5 Å². The van der Waals surface area contributed by atoms with Crippen LogP contribution in [0, 0.1) is 0 Å². The highest BCUT2D eigenvalue weighted by atomic mass is 28.1. The minimum atomic E-state index is -0.719. The molecule has 0 saturated carbocycles. The van der Waals surface area contributed by atoms with Crippen molar-refractivity contribution in [3.05, 3.63) is 36.3 Å². The molecule has 9 heteroatoms. The van der Waals surface area contributed by atoms with E-state index in [4.69, 9.17) is 14.0 Å². The van der Waals surface area contributed by atoms with Crippen molar-refractivity contribution in [3.8, 4) is 11.3 Å². The van der Waals surface area contributed by atoms with Crippen LogP contribution in [0.1, 0.15) is 67.1 Å². The third-order valence-corrected chi connectivity index (χ3v) is 7.47. The van der Waals surface area contributed by atoms with Crippen molar-refractivity contribution in [2.75, 3.05) is 6.54 Å². The zero-order valence-corrected chi connectivity index (χ0v) is 21.6. The second-order valence-corrected chi connectivity index (χ2v) is 11.8. The van der Waals surface area contributed by atoms with Crippen LogP contribution in [-0.2, 0) is 19.2 Å². The highest BCUT2D eigenvalue weighted by molar-refractivity contribution is 6.62. The molecule has 33 heavy (non-hydrogen) atoms. The van der Waals surface area contributed by atoms with Crippen LogP contribution in [-0.4, -0.2) is 61.7 Å². The summed E-state index contributed by atoms with van der Waals surface area (Å²) < 4.78 is 17.9. The maximum Gasteiger partial charge on any atom is 0.494 e. The summed E-state index contributed by atoms with van der Waals surface area (Å²) in [6.45, 7) is 14.4. The van der Waals surface area contributed by atoms with E-state index < -0.39 is 17.9 Å². The fraction of sp³-hybridized carbons (Fsp3) is 0.583. The molecule has 1 aromatic heterocycles. The van der Waals surface area contributed by atoms with Crippen molar-refractivity contribution in [3.63, 3.8) is 0 Å². The van der Waals surface area contributed by atoms with Gasteiger partial charge in [-0.3, -0.25) is 4.90 Å². The van der Waals surface area contributed by atoms with E-state index in [1.807, 2.05) is 72.7 Å². The van der Waals surface area contributed by atoms with E-state index in [0.29, 0.717) is 12.4 Å². The summed E-state index contributed by atoms with van der Waals surface area (Å²) in [4.78, 5) is 22.5. The van der Waals surface area contributed by atoms with E-state index in [-0.39, 0.29) is 17.3 Å². The number of aromatic nitrogens is 2. The van der Waals surface area contributed by atoms with Crippen LogP contribution < -0.4 is 5.46 Å². The molecule has 2 aromatic rings. The number of imidazole rings is 1. The monoisotopic (exact) mass is 466 g/mol. The summed E-state index contributed by atoms with van der Waals surface area (Å²) >= 11 is 0. The van der Waals surface area contributed by atoms with Gasteiger partial charge in [0, 0.05) is 6.54 Å². The number of hydrogen-bond acceptors (Lipinski definition) is 5. The van der Waals surface area contributed by atoms with Gasteiger partial charge in [-0.2, -0.15) is 0 Å². The highest BCUT2D eigenvalue weighted by Gasteiger charge is 2.51. The average molecular weight is 466 g/mol. The largest absolute Gasteiger partial charge is 0.494 e. The number of nitrogens with one attached hydrogen (secondary N) is 1. The SMILES string of the molecule is CC(C)(C)OC(=O)N1CCCC1([Si])c1ncc(-c2ccc(B3OC(C)(C)C(C)(C)O3)cc2)[nH]1. The molecule has 1 atom stereocenters. The van der Waals surface area contributed by atoms with Crippen molar-refractivity contribution in [1.29, 1.82) is 0 Å². The predicted octanol–water partition coefficient (Wildman–Crippen LogP) is 3.73. The van der Waals surface area contributed by atoms with Crippen molar-refractivity contribution in [2.45, 2.75) is 83.3 Å². The molecule has 3 heterocycles. The molecule has 0 spiro atoms. The number of nitrogens with zero attached hydrogens (tertiary/aromatic N) is 2. The Kier molecular flexibility index (Phi) is 5.82. The van der Waals surface area contributed by atoms with E-state index in [9.17, 15) is 4.79 Å². The maximum absolute atomic E-state index is 12.8. The van der Waals surface area contributed by atoms with Crippen LogP contribution in [0.5, 0.6) is 0 Å². The number of aromatic amines is 1. The summed E-state index contributed by atoms with van der Waals surface area (Å²) in [6.07, 6.45) is 3.06.